The zero-order valence-electron chi connectivity index (χ0n) is 16.2. The first-order valence-electron chi connectivity index (χ1n) is 9.19. The molecule has 0 spiro atoms. The summed E-state index contributed by atoms with van der Waals surface area (Å²) in [6, 6.07) is 11.4. The molecule has 3 rings (SSSR count). The third kappa shape index (κ3) is 5.10. The van der Waals surface area contributed by atoms with E-state index in [1.54, 1.807) is 24.3 Å². The molecule has 0 radical (unpaired) electrons. The molecule has 10 heteroatoms. The van der Waals surface area contributed by atoms with Gasteiger partial charge in [0.25, 0.3) is 5.91 Å². The minimum Gasteiger partial charge on any atom is -0.497 e. The van der Waals surface area contributed by atoms with E-state index in [0.29, 0.717) is 29.3 Å². The van der Waals surface area contributed by atoms with Crippen molar-refractivity contribution in [2.45, 2.75) is 23.8 Å². The summed E-state index contributed by atoms with van der Waals surface area (Å²) in [5.74, 6) is -0.642. The van der Waals surface area contributed by atoms with Crippen LogP contribution < -0.4 is 10.1 Å². The van der Waals surface area contributed by atoms with E-state index in [1.807, 2.05) is 0 Å². The number of amides is 1. The van der Waals surface area contributed by atoms with Crippen molar-refractivity contribution in [2.24, 2.45) is 0 Å². The Balaban J connectivity index is 1.60. The molecular formula is C20H21ClN2O6S. The summed E-state index contributed by atoms with van der Waals surface area (Å²) in [5.41, 5.74) is 0.518. The van der Waals surface area contributed by atoms with Crippen molar-refractivity contribution in [3.63, 3.8) is 0 Å². The fraction of sp³-hybridized carbons (Fsp3) is 0.300. The SMILES string of the molecule is COc1ccc(NC(=O)COC(=O)[C@@H]2CCCN2S(=O)(=O)c2ccc(Cl)cc2)cc1. The van der Waals surface area contributed by atoms with Crippen LogP contribution in [0, 0.1) is 0 Å². The number of carbonyl (C=O) groups is 2. The van der Waals surface area contributed by atoms with Crippen LogP contribution in [0.5, 0.6) is 5.75 Å². The fourth-order valence-electron chi connectivity index (χ4n) is 3.11. The number of methoxy groups -OCH3 is 1. The Bertz CT molecular complexity index is 1010. The average molecular weight is 453 g/mol. The van der Waals surface area contributed by atoms with Gasteiger partial charge in [0, 0.05) is 17.3 Å². The van der Waals surface area contributed by atoms with Gasteiger partial charge in [-0.3, -0.25) is 9.59 Å². The first kappa shape index (κ1) is 22.1. The number of nitrogens with one attached hydrogen (secondary N) is 1. The number of ether oxygens (including phenoxy) is 2. The second kappa shape index (κ2) is 9.46. The number of hydrogen-bond acceptors (Lipinski definition) is 6. The Morgan fingerprint density at radius 3 is 2.43 bits per heavy atom. The molecule has 30 heavy (non-hydrogen) atoms. The lowest BCUT2D eigenvalue weighted by Gasteiger charge is -2.22. The second-order valence-corrected chi connectivity index (χ2v) is 8.94. The van der Waals surface area contributed by atoms with Gasteiger partial charge in [0.05, 0.1) is 12.0 Å². The molecule has 0 saturated carbocycles. The number of carbonyl (C=O) groups excluding carboxylic acids is 2. The van der Waals surface area contributed by atoms with Gasteiger partial charge in [0.15, 0.2) is 6.61 Å². The van der Waals surface area contributed by atoms with Gasteiger partial charge in [-0.2, -0.15) is 4.31 Å². The van der Waals surface area contributed by atoms with Gasteiger partial charge in [0.1, 0.15) is 11.8 Å². The van der Waals surface area contributed by atoms with E-state index in [9.17, 15) is 18.0 Å². The van der Waals surface area contributed by atoms with Crippen LogP contribution in [0.15, 0.2) is 53.4 Å². The predicted molar refractivity (Wildman–Crippen MR) is 111 cm³/mol. The third-order valence-corrected chi connectivity index (χ3v) is 6.79. The van der Waals surface area contributed by atoms with Gasteiger partial charge < -0.3 is 14.8 Å². The number of sulfonamides is 1. The highest BCUT2D eigenvalue weighted by Gasteiger charge is 2.40. The van der Waals surface area contributed by atoms with Crippen LogP contribution in [0.1, 0.15) is 12.8 Å². The Hall–Kier alpha value is -2.62. The lowest BCUT2D eigenvalue weighted by Crippen LogP contribution is -2.42. The van der Waals surface area contributed by atoms with Crippen molar-refractivity contribution < 1.29 is 27.5 Å². The molecule has 8 nitrogen and oxygen atoms in total. The van der Waals surface area contributed by atoms with Crippen LogP contribution in [0.2, 0.25) is 5.02 Å². The van der Waals surface area contributed by atoms with Crippen LogP contribution >= 0.6 is 11.6 Å². The summed E-state index contributed by atoms with van der Waals surface area (Å²) < 4.78 is 37.0. The van der Waals surface area contributed by atoms with Crippen molar-refractivity contribution in [2.75, 3.05) is 25.6 Å². The standard InChI is InChI=1S/C20H21ClN2O6S/c1-28-16-8-6-15(7-9-16)22-19(24)13-29-20(25)18-3-2-12-23(18)30(26,27)17-10-4-14(21)5-11-17/h4-11,18H,2-3,12-13H2,1H3,(H,22,24)/t18-/m0/s1. The predicted octanol–water partition coefficient (Wildman–Crippen LogP) is 2.68. The minimum atomic E-state index is -3.88. The second-order valence-electron chi connectivity index (χ2n) is 6.61. The number of esters is 1. The van der Waals surface area contributed by atoms with E-state index < -0.39 is 34.5 Å². The molecule has 0 aliphatic carbocycles. The van der Waals surface area contributed by atoms with Crippen LogP contribution in [0.4, 0.5) is 5.69 Å². The number of benzene rings is 2. The first-order valence-corrected chi connectivity index (χ1v) is 11.0. The maximum atomic E-state index is 12.9. The van der Waals surface area contributed by atoms with Crippen LogP contribution in [-0.2, 0) is 24.3 Å². The quantitative estimate of drug-likeness (QED) is 0.648. The highest BCUT2D eigenvalue weighted by molar-refractivity contribution is 7.89. The van der Waals surface area contributed by atoms with Crippen molar-refractivity contribution in [1.29, 1.82) is 0 Å². The normalized spacial score (nSPS) is 16.8. The van der Waals surface area contributed by atoms with Crippen molar-refractivity contribution >= 4 is 39.2 Å². The summed E-state index contributed by atoms with van der Waals surface area (Å²) >= 11 is 5.82. The largest absolute Gasteiger partial charge is 0.497 e. The van der Waals surface area contributed by atoms with Crippen LogP contribution in [-0.4, -0.2) is 50.9 Å². The van der Waals surface area contributed by atoms with E-state index in [2.05, 4.69) is 5.32 Å². The Morgan fingerprint density at radius 1 is 1.13 bits per heavy atom. The van der Waals surface area contributed by atoms with Crippen molar-refractivity contribution in [1.82, 2.24) is 4.31 Å². The summed E-state index contributed by atoms with van der Waals surface area (Å²) in [7, 11) is -2.35. The Kier molecular flexibility index (Phi) is 6.96. The molecule has 0 unspecified atom stereocenters. The van der Waals surface area contributed by atoms with E-state index in [-0.39, 0.29) is 11.4 Å². The van der Waals surface area contributed by atoms with E-state index >= 15 is 0 Å². The number of halogens is 1. The summed E-state index contributed by atoms with van der Waals surface area (Å²) in [4.78, 5) is 24.6. The summed E-state index contributed by atoms with van der Waals surface area (Å²) in [6.45, 7) is -0.320. The van der Waals surface area contributed by atoms with Gasteiger partial charge in [-0.15, -0.1) is 0 Å². The molecule has 1 amide bonds. The van der Waals surface area contributed by atoms with Gasteiger partial charge in [-0.25, -0.2) is 8.42 Å². The first-order chi connectivity index (χ1) is 14.3. The smallest absolute Gasteiger partial charge is 0.324 e. The van der Waals surface area contributed by atoms with Gasteiger partial charge in [-0.05, 0) is 61.4 Å². The van der Waals surface area contributed by atoms with Gasteiger partial charge in [0.2, 0.25) is 10.0 Å². The highest BCUT2D eigenvalue weighted by Crippen LogP contribution is 2.27. The maximum Gasteiger partial charge on any atom is 0.324 e. The minimum absolute atomic E-state index is 0.0452. The molecule has 2 aromatic rings. The van der Waals surface area contributed by atoms with Crippen molar-refractivity contribution in [3.8, 4) is 5.75 Å². The zero-order valence-corrected chi connectivity index (χ0v) is 17.8. The molecule has 1 heterocycles. The average Bonchev–Trinajstić information content (AvgIpc) is 3.24. The lowest BCUT2D eigenvalue weighted by molar-refractivity contribution is -0.150. The lowest BCUT2D eigenvalue weighted by atomic mass is 10.2. The summed E-state index contributed by atoms with van der Waals surface area (Å²) in [6.07, 6.45) is 0.844. The Morgan fingerprint density at radius 2 is 1.80 bits per heavy atom. The van der Waals surface area contributed by atoms with Crippen LogP contribution in [0.3, 0.4) is 0 Å². The summed E-state index contributed by atoms with van der Waals surface area (Å²) in [5, 5.41) is 3.01. The molecule has 2 aromatic carbocycles. The Labute approximate surface area is 179 Å². The molecule has 160 valence electrons. The van der Waals surface area contributed by atoms with E-state index in [4.69, 9.17) is 21.1 Å². The number of anilines is 1. The van der Waals surface area contributed by atoms with E-state index in [1.165, 1.54) is 31.4 Å². The van der Waals surface area contributed by atoms with Gasteiger partial charge >= 0.3 is 5.97 Å². The highest BCUT2D eigenvalue weighted by atomic mass is 35.5. The zero-order chi connectivity index (χ0) is 21.7. The molecule has 0 aromatic heterocycles. The molecule has 1 aliphatic heterocycles. The third-order valence-electron chi connectivity index (χ3n) is 4.62. The van der Waals surface area contributed by atoms with E-state index in [0.717, 1.165) is 4.31 Å². The molecule has 1 atom stereocenters. The number of nitrogens with zero attached hydrogens (tertiary/aromatic N) is 1. The molecule has 1 N–H and O–H groups in total. The molecule has 0 bridgehead atoms. The van der Waals surface area contributed by atoms with Gasteiger partial charge in [-0.1, -0.05) is 11.6 Å². The molecule has 1 saturated heterocycles. The molecular weight excluding hydrogens is 432 g/mol. The maximum absolute atomic E-state index is 12.9. The number of rotatable bonds is 7. The van der Waals surface area contributed by atoms with Crippen molar-refractivity contribution in [3.05, 3.63) is 53.6 Å². The molecule has 1 fully saturated rings. The monoisotopic (exact) mass is 452 g/mol. The fourth-order valence-corrected chi connectivity index (χ4v) is 4.88. The molecule has 1 aliphatic rings. The number of hydrogen-bond donors (Lipinski definition) is 1. The topological polar surface area (TPSA) is 102 Å². The van der Waals surface area contributed by atoms with Crippen LogP contribution in [0.25, 0.3) is 0 Å².